The highest BCUT2D eigenvalue weighted by Gasteiger charge is 2.10. The van der Waals surface area contributed by atoms with Gasteiger partial charge in [-0.1, -0.05) is 35.9 Å². The Labute approximate surface area is 155 Å². The Morgan fingerprint density at radius 2 is 1.96 bits per heavy atom. The summed E-state index contributed by atoms with van der Waals surface area (Å²) < 4.78 is 0. The number of halogens is 1. The molecule has 3 rings (SSSR count). The number of nitrogens with zero attached hydrogens (tertiary/aromatic N) is 3. The lowest BCUT2D eigenvalue weighted by atomic mass is 10.2. The number of hydrogen-bond donors (Lipinski definition) is 2. The second-order valence-electron chi connectivity index (χ2n) is 5.38. The second kappa shape index (κ2) is 8.10. The molecule has 1 amide bonds. The molecule has 0 atom stereocenters. The molecule has 0 saturated heterocycles. The summed E-state index contributed by atoms with van der Waals surface area (Å²) in [5.74, 6) is 0.124. The molecule has 0 spiro atoms. The molecule has 0 unspecified atom stereocenters. The molecule has 1 aromatic heterocycles. The van der Waals surface area contributed by atoms with Crippen LogP contribution in [0.25, 0.3) is 0 Å². The van der Waals surface area contributed by atoms with Crippen LogP contribution in [0.1, 0.15) is 21.6 Å². The second-order valence-corrected chi connectivity index (χ2v) is 5.79. The Morgan fingerprint density at radius 3 is 2.77 bits per heavy atom. The van der Waals surface area contributed by atoms with Gasteiger partial charge in [-0.2, -0.15) is 5.26 Å². The number of carbonyl (C=O) groups is 1. The SMILES string of the molecule is N#Cc1cccc(NC(=O)c2cc(NCc3ccccc3Cl)ncn2)c1. The minimum atomic E-state index is -0.386. The number of benzene rings is 2. The van der Waals surface area contributed by atoms with Crippen LogP contribution in [0.5, 0.6) is 0 Å². The molecule has 7 heteroatoms. The van der Waals surface area contributed by atoms with E-state index < -0.39 is 0 Å². The number of nitriles is 1. The van der Waals surface area contributed by atoms with Crippen LogP contribution in [-0.2, 0) is 6.54 Å². The van der Waals surface area contributed by atoms with E-state index in [9.17, 15) is 4.79 Å². The van der Waals surface area contributed by atoms with E-state index >= 15 is 0 Å². The standard InChI is InChI=1S/C19H14ClN5O/c20-16-7-2-1-5-14(16)11-22-18-9-17(23-12-24-18)19(26)25-15-6-3-4-13(8-15)10-21/h1-9,12H,11H2,(H,25,26)(H,22,23,24). The average Bonchev–Trinajstić information content (AvgIpc) is 2.68. The largest absolute Gasteiger partial charge is 0.366 e. The molecule has 3 aromatic rings. The van der Waals surface area contributed by atoms with E-state index in [0.29, 0.717) is 28.6 Å². The number of hydrogen-bond acceptors (Lipinski definition) is 5. The van der Waals surface area contributed by atoms with Crippen LogP contribution in [0.2, 0.25) is 5.02 Å². The van der Waals surface area contributed by atoms with Gasteiger partial charge in [0.15, 0.2) is 0 Å². The predicted molar refractivity (Wildman–Crippen MR) is 99.9 cm³/mol. The third kappa shape index (κ3) is 4.35. The fraction of sp³-hybridized carbons (Fsp3) is 0.0526. The average molecular weight is 364 g/mol. The first-order chi connectivity index (χ1) is 12.7. The van der Waals surface area contributed by atoms with Gasteiger partial charge < -0.3 is 10.6 Å². The molecule has 26 heavy (non-hydrogen) atoms. The summed E-state index contributed by atoms with van der Waals surface area (Å²) in [6, 6.07) is 17.7. The van der Waals surface area contributed by atoms with E-state index in [1.807, 2.05) is 30.3 Å². The molecule has 128 valence electrons. The minimum absolute atomic E-state index is 0.212. The van der Waals surface area contributed by atoms with Gasteiger partial charge in [-0.05, 0) is 29.8 Å². The molecule has 0 aliphatic rings. The molecule has 0 aliphatic heterocycles. The van der Waals surface area contributed by atoms with E-state index in [-0.39, 0.29) is 11.6 Å². The minimum Gasteiger partial charge on any atom is -0.366 e. The highest BCUT2D eigenvalue weighted by molar-refractivity contribution is 6.31. The third-order valence-corrected chi connectivity index (χ3v) is 3.94. The summed E-state index contributed by atoms with van der Waals surface area (Å²) in [4.78, 5) is 20.5. The quantitative estimate of drug-likeness (QED) is 0.718. The molecule has 0 aliphatic carbocycles. The number of aromatic nitrogens is 2. The fourth-order valence-corrected chi connectivity index (χ4v) is 2.47. The molecular weight excluding hydrogens is 350 g/mol. The molecule has 1 heterocycles. The van der Waals surface area contributed by atoms with Gasteiger partial charge in [0.2, 0.25) is 0 Å². The van der Waals surface area contributed by atoms with Crippen molar-refractivity contribution in [3.05, 3.63) is 82.8 Å². The zero-order chi connectivity index (χ0) is 18.4. The van der Waals surface area contributed by atoms with Gasteiger partial charge in [0.1, 0.15) is 17.8 Å². The third-order valence-electron chi connectivity index (χ3n) is 3.57. The summed E-state index contributed by atoms with van der Waals surface area (Å²) in [7, 11) is 0. The van der Waals surface area contributed by atoms with E-state index in [1.165, 1.54) is 6.33 Å². The van der Waals surface area contributed by atoms with Crippen LogP contribution in [0, 0.1) is 11.3 Å². The van der Waals surface area contributed by atoms with Gasteiger partial charge in [0, 0.05) is 23.3 Å². The lowest BCUT2D eigenvalue weighted by molar-refractivity contribution is 0.102. The molecule has 6 nitrogen and oxygen atoms in total. The van der Waals surface area contributed by atoms with Crippen LogP contribution in [0.4, 0.5) is 11.5 Å². The molecular formula is C19H14ClN5O. The number of carbonyl (C=O) groups excluding carboxylic acids is 1. The number of amides is 1. The van der Waals surface area contributed by atoms with Crippen molar-refractivity contribution in [2.45, 2.75) is 6.54 Å². The molecule has 0 saturated carbocycles. The van der Waals surface area contributed by atoms with Crippen molar-refractivity contribution in [2.75, 3.05) is 10.6 Å². The van der Waals surface area contributed by atoms with Crippen LogP contribution in [0.15, 0.2) is 60.9 Å². The Bertz CT molecular complexity index is 983. The molecule has 2 aromatic carbocycles. The first kappa shape index (κ1) is 17.4. The first-order valence-electron chi connectivity index (χ1n) is 7.76. The maximum absolute atomic E-state index is 12.4. The van der Waals surface area contributed by atoms with E-state index in [1.54, 1.807) is 30.3 Å². The zero-order valence-electron chi connectivity index (χ0n) is 13.6. The zero-order valence-corrected chi connectivity index (χ0v) is 14.4. The molecule has 0 radical (unpaired) electrons. The van der Waals surface area contributed by atoms with Gasteiger partial charge >= 0.3 is 0 Å². The number of rotatable bonds is 5. The van der Waals surface area contributed by atoms with E-state index in [2.05, 4.69) is 20.6 Å². The Balaban J connectivity index is 1.69. The van der Waals surface area contributed by atoms with Gasteiger partial charge in [-0.25, -0.2) is 9.97 Å². The van der Waals surface area contributed by atoms with Crippen molar-refractivity contribution in [1.29, 1.82) is 5.26 Å². The Hall–Kier alpha value is -3.43. The molecule has 0 fully saturated rings. The van der Waals surface area contributed by atoms with Crippen molar-refractivity contribution >= 4 is 29.0 Å². The van der Waals surface area contributed by atoms with E-state index in [4.69, 9.17) is 16.9 Å². The summed E-state index contributed by atoms with van der Waals surface area (Å²) in [6.07, 6.45) is 1.32. The summed E-state index contributed by atoms with van der Waals surface area (Å²) in [5.41, 5.74) is 2.13. The normalized spacial score (nSPS) is 10.0. The lowest BCUT2D eigenvalue weighted by Crippen LogP contribution is -2.14. The van der Waals surface area contributed by atoms with Gasteiger partial charge in [-0.15, -0.1) is 0 Å². The number of anilines is 2. The van der Waals surface area contributed by atoms with Crippen molar-refractivity contribution < 1.29 is 4.79 Å². The van der Waals surface area contributed by atoms with Gasteiger partial charge in [0.25, 0.3) is 5.91 Å². The highest BCUT2D eigenvalue weighted by atomic mass is 35.5. The number of nitrogens with one attached hydrogen (secondary N) is 2. The maximum atomic E-state index is 12.4. The monoisotopic (exact) mass is 363 g/mol. The molecule has 0 bridgehead atoms. The van der Waals surface area contributed by atoms with Crippen molar-refractivity contribution in [1.82, 2.24) is 9.97 Å². The smallest absolute Gasteiger partial charge is 0.274 e. The first-order valence-corrected chi connectivity index (χ1v) is 8.14. The lowest BCUT2D eigenvalue weighted by Gasteiger charge is -2.09. The summed E-state index contributed by atoms with van der Waals surface area (Å²) in [5, 5.41) is 15.4. The summed E-state index contributed by atoms with van der Waals surface area (Å²) >= 11 is 6.13. The van der Waals surface area contributed by atoms with E-state index in [0.717, 1.165) is 5.56 Å². The van der Waals surface area contributed by atoms with Crippen LogP contribution in [-0.4, -0.2) is 15.9 Å². The van der Waals surface area contributed by atoms with Gasteiger partial charge in [0.05, 0.1) is 11.6 Å². The predicted octanol–water partition coefficient (Wildman–Crippen LogP) is 3.87. The Kier molecular flexibility index (Phi) is 5.42. The van der Waals surface area contributed by atoms with Crippen LogP contribution >= 0.6 is 11.6 Å². The van der Waals surface area contributed by atoms with Crippen molar-refractivity contribution in [3.8, 4) is 6.07 Å². The summed E-state index contributed by atoms with van der Waals surface area (Å²) in [6.45, 7) is 0.474. The maximum Gasteiger partial charge on any atom is 0.274 e. The van der Waals surface area contributed by atoms with Crippen molar-refractivity contribution in [2.24, 2.45) is 0 Å². The molecule has 2 N–H and O–H groups in total. The fourth-order valence-electron chi connectivity index (χ4n) is 2.27. The van der Waals surface area contributed by atoms with Crippen LogP contribution in [0.3, 0.4) is 0 Å². The Morgan fingerprint density at radius 1 is 1.12 bits per heavy atom. The van der Waals surface area contributed by atoms with Gasteiger partial charge in [-0.3, -0.25) is 4.79 Å². The van der Waals surface area contributed by atoms with Crippen molar-refractivity contribution in [3.63, 3.8) is 0 Å². The topological polar surface area (TPSA) is 90.7 Å². The van der Waals surface area contributed by atoms with Crippen LogP contribution < -0.4 is 10.6 Å². The highest BCUT2D eigenvalue weighted by Crippen LogP contribution is 2.17.